The maximum Gasteiger partial charge on any atom is 0.207 e. The summed E-state index contributed by atoms with van der Waals surface area (Å²) in [7, 11) is 1.68. The number of nitrogens with zero attached hydrogens (tertiary/aromatic N) is 1. The van der Waals surface area contributed by atoms with Crippen molar-refractivity contribution in [1.29, 1.82) is 0 Å². The van der Waals surface area contributed by atoms with Crippen molar-refractivity contribution in [2.75, 3.05) is 18.6 Å². The van der Waals surface area contributed by atoms with Gasteiger partial charge in [0.1, 0.15) is 18.6 Å². The lowest BCUT2D eigenvalue weighted by Crippen LogP contribution is -2.41. The highest BCUT2D eigenvalue weighted by Gasteiger charge is 2.43. The van der Waals surface area contributed by atoms with Crippen molar-refractivity contribution in [3.05, 3.63) is 71.6 Å². The van der Waals surface area contributed by atoms with Gasteiger partial charge in [0.05, 0.1) is 24.8 Å². The summed E-state index contributed by atoms with van der Waals surface area (Å²) in [5, 5.41) is 2.90. The average Bonchev–Trinajstić information content (AvgIpc) is 2.98. The minimum absolute atomic E-state index is 0.0220. The number of amides is 1. The Morgan fingerprint density at radius 2 is 2.08 bits per heavy atom. The van der Waals surface area contributed by atoms with Gasteiger partial charge in [0.25, 0.3) is 0 Å². The first-order valence-corrected chi connectivity index (χ1v) is 8.33. The van der Waals surface area contributed by atoms with Crippen molar-refractivity contribution in [2.45, 2.75) is 18.5 Å². The molecule has 4 rings (SSSR count). The average molecular weight is 336 g/mol. The molecule has 0 radical (unpaired) electrons. The van der Waals surface area contributed by atoms with Crippen molar-refractivity contribution in [3.63, 3.8) is 0 Å². The normalized spacial score (nSPS) is 20.8. The molecule has 0 saturated heterocycles. The molecule has 1 N–H and O–H groups in total. The van der Waals surface area contributed by atoms with Gasteiger partial charge >= 0.3 is 0 Å². The van der Waals surface area contributed by atoms with Crippen LogP contribution in [0.2, 0.25) is 0 Å². The SMILES string of the molecule is COc1cccc2c1C1C(=COCC1NC=O)N2Cc1ccccc1. The van der Waals surface area contributed by atoms with Gasteiger partial charge in [-0.2, -0.15) is 0 Å². The Morgan fingerprint density at radius 3 is 2.84 bits per heavy atom. The molecule has 128 valence electrons. The van der Waals surface area contributed by atoms with E-state index < -0.39 is 0 Å². The summed E-state index contributed by atoms with van der Waals surface area (Å²) in [6.07, 6.45) is 2.56. The highest BCUT2D eigenvalue weighted by Crippen LogP contribution is 2.51. The van der Waals surface area contributed by atoms with Crippen LogP contribution in [-0.4, -0.2) is 26.2 Å². The molecule has 2 aromatic rings. The van der Waals surface area contributed by atoms with Gasteiger partial charge in [-0.1, -0.05) is 36.4 Å². The van der Waals surface area contributed by atoms with Gasteiger partial charge in [0, 0.05) is 17.8 Å². The van der Waals surface area contributed by atoms with Crippen molar-refractivity contribution < 1.29 is 14.3 Å². The molecule has 2 aromatic carbocycles. The van der Waals surface area contributed by atoms with Crippen LogP contribution in [0.15, 0.2) is 60.5 Å². The number of nitrogens with one attached hydrogen (secondary N) is 1. The van der Waals surface area contributed by atoms with Crippen molar-refractivity contribution in [2.24, 2.45) is 0 Å². The molecule has 0 bridgehead atoms. The molecule has 0 saturated carbocycles. The number of benzene rings is 2. The zero-order chi connectivity index (χ0) is 17.2. The number of rotatable bonds is 5. The summed E-state index contributed by atoms with van der Waals surface area (Å²) in [5.74, 6) is 0.859. The molecule has 0 aromatic heterocycles. The highest BCUT2D eigenvalue weighted by molar-refractivity contribution is 5.73. The van der Waals surface area contributed by atoms with E-state index in [1.807, 2.05) is 36.6 Å². The number of ether oxygens (including phenoxy) is 2. The summed E-state index contributed by atoms with van der Waals surface area (Å²) in [6, 6.07) is 16.3. The van der Waals surface area contributed by atoms with Gasteiger partial charge in [0.15, 0.2) is 0 Å². The van der Waals surface area contributed by atoms with E-state index in [4.69, 9.17) is 9.47 Å². The summed E-state index contributed by atoms with van der Waals surface area (Å²) < 4.78 is 11.3. The van der Waals surface area contributed by atoms with Crippen molar-refractivity contribution in [1.82, 2.24) is 5.32 Å². The number of fused-ring (bicyclic) bond motifs is 3. The summed E-state index contributed by atoms with van der Waals surface area (Å²) in [5.41, 5.74) is 4.47. The molecular formula is C20H20N2O3. The Labute approximate surface area is 146 Å². The Kier molecular flexibility index (Phi) is 4.06. The third kappa shape index (κ3) is 2.61. The van der Waals surface area contributed by atoms with Gasteiger partial charge in [0.2, 0.25) is 6.41 Å². The van der Waals surface area contributed by atoms with Crippen LogP contribution < -0.4 is 15.0 Å². The number of methoxy groups -OCH3 is 1. The van der Waals surface area contributed by atoms with E-state index in [9.17, 15) is 4.79 Å². The van der Waals surface area contributed by atoms with Crippen LogP contribution in [-0.2, 0) is 16.1 Å². The van der Waals surface area contributed by atoms with Crippen molar-refractivity contribution in [3.8, 4) is 5.75 Å². The van der Waals surface area contributed by atoms with Gasteiger partial charge < -0.3 is 19.7 Å². The quantitative estimate of drug-likeness (QED) is 0.853. The zero-order valence-corrected chi connectivity index (χ0v) is 14.0. The number of carbonyl (C=O) groups is 1. The fourth-order valence-electron chi connectivity index (χ4n) is 3.77. The number of anilines is 1. The molecule has 5 nitrogen and oxygen atoms in total. The molecule has 2 unspecified atom stereocenters. The fourth-order valence-corrected chi connectivity index (χ4v) is 3.77. The highest BCUT2D eigenvalue weighted by atomic mass is 16.5. The maximum absolute atomic E-state index is 11.1. The lowest BCUT2D eigenvalue weighted by atomic mass is 9.90. The summed E-state index contributed by atoms with van der Waals surface area (Å²) in [6.45, 7) is 1.18. The van der Waals surface area contributed by atoms with E-state index in [1.165, 1.54) is 5.56 Å². The minimum atomic E-state index is -0.117. The molecule has 0 fully saturated rings. The van der Waals surface area contributed by atoms with Crippen LogP contribution in [0.1, 0.15) is 17.0 Å². The van der Waals surface area contributed by atoms with Gasteiger partial charge in [-0.25, -0.2) is 0 Å². The molecule has 25 heavy (non-hydrogen) atoms. The smallest absolute Gasteiger partial charge is 0.207 e. The van der Waals surface area contributed by atoms with Gasteiger partial charge in [-0.05, 0) is 17.7 Å². The van der Waals surface area contributed by atoms with Crippen LogP contribution in [0.3, 0.4) is 0 Å². The standard InChI is InChI=1S/C20H20N2O3/c1-24-18-9-5-8-16-20(18)19-15(21-13-23)11-25-12-17(19)22(16)10-14-6-3-2-4-7-14/h2-9,12-13,15,19H,10-11H2,1H3,(H,21,23). The van der Waals surface area contributed by atoms with E-state index in [2.05, 4.69) is 28.4 Å². The lowest BCUT2D eigenvalue weighted by Gasteiger charge is -2.31. The molecule has 0 spiro atoms. The molecule has 0 aliphatic carbocycles. The van der Waals surface area contributed by atoms with E-state index in [-0.39, 0.29) is 12.0 Å². The minimum Gasteiger partial charge on any atom is -0.497 e. The number of hydrogen-bond donors (Lipinski definition) is 1. The van der Waals surface area contributed by atoms with E-state index in [1.54, 1.807) is 7.11 Å². The van der Waals surface area contributed by atoms with Gasteiger partial charge in [-0.3, -0.25) is 4.79 Å². The predicted octanol–water partition coefficient (Wildman–Crippen LogP) is 2.79. The molecule has 2 heterocycles. The molecule has 2 atom stereocenters. The van der Waals surface area contributed by atoms with E-state index in [0.29, 0.717) is 6.61 Å². The second kappa shape index (κ2) is 6.51. The van der Waals surface area contributed by atoms with Crippen LogP contribution in [0, 0.1) is 0 Å². The molecule has 2 aliphatic rings. The second-order valence-electron chi connectivity index (χ2n) is 6.21. The third-order valence-corrected chi connectivity index (χ3v) is 4.84. The monoisotopic (exact) mass is 336 g/mol. The summed E-state index contributed by atoms with van der Waals surface area (Å²) >= 11 is 0. The first-order valence-electron chi connectivity index (χ1n) is 8.33. The third-order valence-electron chi connectivity index (χ3n) is 4.84. The maximum atomic E-state index is 11.1. The fraction of sp³-hybridized carbons (Fsp3) is 0.250. The number of hydrogen-bond acceptors (Lipinski definition) is 4. The molecule has 1 amide bonds. The molecular weight excluding hydrogens is 316 g/mol. The first kappa shape index (κ1) is 15.6. The van der Waals surface area contributed by atoms with Crippen LogP contribution >= 0.6 is 0 Å². The Bertz CT molecular complexity index is 804. The molecule has 2 aliphatic heterocycles. The predicted molar refractivity (Wildman–Crippen MR) is 95.4 cm³/mol. The largest absolute Gasteiger partial charge is 0.497 e. The van der Waals surface area contributed by atoms with Gasteiger partial charge in [-0.15, -0.1) is 0 Å². The topological polar surface area (TPSA) is 50.8 Å². The van der Waals surface area contributed by atoms with Crippen LogP contribution in [0.25, 0.3) is 0 Å². The van der Waals surface area contributed by atoms with E-state index in [0.717, 1.165) is 35.7 Å². The Morgan fingerprint density at radius 1 is 1.24 bits per heavy atom. The number of carbonyl (C=O) groups excluding carboxylic acids is 1. The first-order chi connectivity index (χ1) is 12.3. The van der Waals surface area contributed by atoms with Crippen molar-refractivity contribution >= 4 is 12.1 Å². The Hall–Kier alpha value is -2.95. The molecule has 5 heteroatoms. The zero-order valence-electron chi connectivity index (χ0n) is 14.0. The second-order valence-corrected chi connectivity index (χ2v) is 6.21. The van der Waals surface area contributed by atoms with Crippen LogP contribution in [0.5, 0.6) is 5.75 Å². The Balaban J connectivity index is 1.81. The lowest BCUT2D eigenvalue weighted by molar-refractivity contribution is -0.110. The van der Waals surface area contributed by atoms with Crippen LogP contribution in [0.4, 0.5) is 5.69 Å². The summed E-state index contributed by atoms with van der Waals surface area (Å²) in [4.78, 5) is 13.3. The van der Waals surface area contributed by atoms with E-state index >= 15 is 0 Å².